The fraction of sp³-hybridized carbons (Fsp3) is 1.00. The van der Waals surface area contributed by atoms with Crippen molar-refractivity contribution in [3.8, 4) is 0 Å². The fourth-order valence-corrected chi connectivity index (χ4v) is 3.93. The first-order valence-corrected chi connectivity index (χ1v) is 8.24. The summed E-state index contributed by atoms with van der Waals surface area (Å²) >= 11 is 0. The Kier molecular flexibility index (Phi) is 5.96. The van der Waals surface area contributed by atoms with E-state index in [0.29, 0.717) is 4.90 Å². The summed E-state index contributed by atoms with van der Waals surface area (Å²) in [4.78, 5) is 0.620. The number of sulfonamides is 2. The van der Waals surface area contributed by atoms with Gasteiger partial charge < -0.3 is 4.13 Å². The average Bonchev–Trinajstić information content (AvgIpc) is 2.22. The van der Waals surface area contributed by atoms with E-state index in [1.165, 1.54) is 4.13 Å². The van der Waals surface area contributed by atoms with Crippen LogP contribution in [0.25, 0.3) is 4.13 Å². The Morgan fingerprint density at radius 2 is 1.17 bits per heavy atom. The molecule has 0 amide bonds. The minimum atomic E-state index is -7.53. The van der Waals surface area contributed by atoms with Crippen LogP contribution in [0.3, 0.4) is 0 Å². The number of hydrogen-bond acceptors (Lipinski definition) is 5. The molecule has 0 N–H and O–H groups in total. The monoisotopic (exact) mass is 419 g/mol. The number of rotatable bonds is 7. The number of alkyl halides is 9. The molecule has 6 nitrogen and oxygen atoms in total. The Hall–Kier alpha value is -0.810. The lowest BCUT2D eigenvalue weighted by atomic mass is 10.1. The average molecular weight is 419 g/mol. The molecule has 0 aromatic heterocycles. The number of hydrogen-bond donors (Lipinski definition) is 0. The van der Waals surface area contributed by atoms with E-state index in [9.17, 15) is 56.3 Å². The first-order chi connectivity index (χ1) is 10.1. The third-order valence-corrected chi connectivity index (χ3v) is 5.51. The van der Waals surface area contributed by atoms with Gasteiger partial charge in [-0.05, 0) is 14.1 Å². The molecule has 0 aliphatic rings. The maximum atomic E-state index is 13.2. The molecule has 0 heterocycles. The molecular formula is C7H8F9N2O4S2-. The fourth-order valence-electron chi connectivity index (χ4n) is 1.07. The second kappa shape index (κ2) is 6.17. The van der Waals surface area contributed by atoms with Crippen molar-refractivity contribution < 1.29 is 56.3 Å². The third-order valence-electron chi connectivity index (χ3n) is 2.07. The molecule has 17 heteroatoms. The molecule has 0 radical (unpaired) electrons. The highest BCUT2D eigenvalue weighted by Gasteiger charge is 2.84. The first kappa shape index (κ1) is 23.2. The SMILES string of the molecule is CN(C)CS(=O)(=O)[N-]S(=O)(=O)C(F)(F)C(F)(F)C(F)(F)C(F)(F)F. The van der Waals surface area contributed by atoms with Crippen LogP contribution in [-0.4, -0.2) is 65.0 Å². The quantitative estimate of drug-likeness (QED) is 0.589. The molecule has 0 unspecified atom stereocenters. The van der Waals surface area contributed by atoms with Gasteiger partial charge in [-0.25, -0.2) is 16.8 Å². The summed E-state index contributed by atoms with van der Waals surface area (Å²) in [6.07, 6.45) is -7.25. The predicted molar refractivity (Wildman–Crippen MR) is 60.6 cm³/mol. The zero-order chi connectivity index (χ0) is 20.0. The van der Waals surface area contributed by atoms with Crippen molar-refractivity contribution in [3.63, 3.8) is 0 Å². The summed E-state index contributed by atoms with van der Waals surface area (Å²) in [6, 6.07) is 0. The van der Waals surface area contributed by atoms with E-state index in [4.69, 9.17) is 0 Å². The Balaban J connectivity index is 6.05. The standard InChI is InChI=1S/C7H8F9N2O4S2/c1-18(2)3-23(19,20)17-24(21,22)7(15,16)5(10,11)4(8,9)6(12,13)14/h3H2,1-2H3/q-1. The zero-order valence-corrected chi connectivity index (χ0v) is 13.1. The van der Waals surface area contributed by atoms with Gasteiger partial charge in [-0.15, -0.1) is 0 Å². The van der Waals surface area contributed by atoms with Crippen molar-refractivity contribution >= 4 is 20.0 Å². The van der Waals surface area contributed by atoms with Gasteiger partial charge in [0.25, 0.3) is 0 Å². The molecule has 0 aliphatic heterocycles. The van der Waals surface area contributed by atoms with Gasteiger partial charge in [0.15, 0.2) is 10.0 Å². The molecule has 0 bridgehead atoms. The molecule has 24 heavy (non-hydrogen) atoms. The smallest absolute Gasteiger partial charge is 0.430 e. The van der Waals surface area contributed by atoms with Crippen molar-refractivity contribution in [2.45, 2.75) is 23.3 Å². The summed E-state index contributed by atoms with van der Waals surface area (Å²) in [7, 11) is -10.9. The van der Waals surface area contributed by atoms with Gasteiger partial charge in [-0.3, -0.25) is 4.90 Å². The maximum absolute atomic E-state index is 13.2. The normalized spacial score (nSPS) is 15.8. The minimum Gasteiger partial charge on any atom is -0.430 e. The largest absolute Gasteiger partial charge is 0.460 e. The van der Waals surface area contributed by atoms with E-state index in [1.807, 2.05) is 0 Å². The van der Waals surface area contributed by atoms with Crippen LogP contribution in [0, 0.1) is 0 Å². The van der Waals surface area contributed by atoms with E-state index >= 15 is 0 Å². The molecule has 146 valence electrons. The van der Waals surface area contributed by atoms with Crippen molar-refractivity contribution in [2.75, 3.05) is 20.0 Å². The van der Waals surface area contributed by atoms with Crippen LogP contribution >= 0.6 is 0 Å². The Bertz CT molecular complexity index is 669. The minimum absolute atomic E-state index is 0.620. The predicted octanol–water partition coefficient (Wildman–Crippen LogP) is 1.96. The molecule has 0 aliphatic carbocycles. The van der Waals surface area contributed by atoms with Crippen molar-refractivity contribution in [3.05, 3.63) is 4.13 Å². The summed E-state index contributed by atoms with van der Waals surface area (Å²) in [5, 5.41) is -7.17. The Morgan fingerprint density at radius 1 is 0.792 bits per heavy atom. The molecule has 0 spiro atoms. The zero-order valence-electron chi connectivity index (χ0n) is 11.5. The maximum Gasteiger partial charge on any atom is 0.460 e. The van der Waals surface area contributed by atoms with Gasteiger partial charge in [0.2, 0.25) is 0 Å². The highest BCUT2D eigenvalue weighted by Crippen LogP contribution is 2.55. The van der Waals surface area contributed by atoms with E-state index in [2.05, 4.69) is 0 Å². The summed E-state index contributed by atoms with van der Waals surface area (Å²) in [5.41, 5.74) is 0. The summed E-state index contributed by atoms with van der Waals surface area (Å²) < 4.78 is 158. The van der Waals surface area contributed by atoms with Crippen LogP contribution in [0.4, 0.5) is 39.5 Å². The topological polar surface area (TPSA) is 85.6 Å². The molecule has 0 atom stereocenters. The molecular weight excluding hydrogens is 411 g/mol. The van der Waals surface area contributed by atoms with Crippen LogP contribution in [0.1, 0.15) is 0 Å². The van der Waals surface area contributed by atoms with Crippen LogP contribution in [0.2, 0.25) is 0 Å². The summed E-state index contributed by atoms with van der Waals surface area (Å²) in [6.45, 7) is 0. The number of halogens is 9. The lowest BCUT2D eigenvalue weighted by Crippen LogP contribution is -2.63. The highest BCUT2D eigenvalue weighted by atomic mass is 32.3. The second-order valence-electron chi connectivity index (χ2n) is 4.50. The lowest BCUT2D eigenvalue weighted by molar-refractivity contribution is -0.382. The molecule has 0 fully saturated rings. The molecule has 0 saturated carbocycles. The van der Waals surface area contributed by atoms with Crippen LogP contribution < -0.4 is 0 Å². The first-order valence-electron chi connectivity index (χ1n) is 5.19. The van der Waals surface area contributed by atoms with E-state index in [0.717, 1.165) is 14.1 Å². The molecule has 0 aromatic carbocycles. The third kappa shape index (κ3) is 4.05. The van der Waals surface area contributed by atoms with Gasteiger partial charge >= 0.3 is 23.3 Å². The van der Waals surface area contributed by atoms with Crippen molar-refractivity contribution in [2.24, 2.45) is 0 Å². The van der Waals surface area contributed by atoms with Gasteiger partial charge in [-0.2, -0.15) is 39.5 Å². The van der Waals surface area contributed by atoms with Crippen LogP contribution in [-0.2, 0) is 20.0 Å². The van der Waals surface area contributed by atoms with Gasteiger partial charge in [0.05, 0.1) is 15.9 Å². The number of nitrogens with zero attached hydrogens (tertiary/aromatic N) is 2. The molecule has 0 rings (SSSR count). The van der Waals surface area contributed by atoms with Crippen molar-refractivity contribution in [1.82, 2.24) is 4.90 Å². The summed E-state index contributed by atoms with van der Waals surface area (Å²) in [5.74, 6) is -16.4. The van der Waals surface area contributed by atoms with Gasteiger partial charge in [-0.1, -0.05) is 0 Å². The highest BCUT2D eigenvalue weighted by molar-refractivity contribution is 8.12. The van der Waals surface area contributed by atoms with Crippen molar-refractivity contribution in [1.29, 1.82) is 0 Å². The molecule has 0 saturated heterocycles. The lowest BCUT2D eigenvalue weighted by Gasteiger charge is -2.36. The van der Waals surface area contributed by atoms with E-state index in [1.54, 1.807) is 0 Å². The van der Waals surface area contributed by atoms with E-state index < -0.39 is 49.2 Å². The second-order valence-corrected chi connectivity index (χ2v) is 7.98. The Morgan fingerprint density at radius 3 is 1.46 bits per heavy atom. The van der Waals surface area contributed by atoms with Crippen LogP contribution in [0.15, 0.2) is 0 Å². The Labute approximate surface area is 129 Å². The van der Waals surface area contributed by atoms with E-state index in [-0.39, 0.29) is 0 Å². The van der Waals surface area contributed by atoms with Crippen LogP contribution in [0.5, 0.6) is 0 Å². The van der Waals surface area contributed by atoms with Gasteiger partial charge in [0.1, 0.15) is 0 Å². The molecule has 0 aromatic rings. The van der Waals surface area contributed by atoms with Gasteiger partial charge in [0, 0.05) is 0 Å².